The molecular weight excluding hydrogens is 251 g/mol. The largest absolute Gasteiger partial charge is 0.397 e. The number of benzene rings is 1. The van der Waals surface area contributed by atoms with Crippen molar-refractivity contribution in [2.24, 2.45) is 5.73 Å². The van der Waals surface area contributed by atoms with E-state index in [1.807, 2.05) is 0 Å². The van der Waals surface area contributed by atoms with Crippen molar-refractivity contribution in [3.8, 4) is 0 Å². The van der Waals surface area contributed by atoms with Crippen LogP contribution in [0.25, 0.3) is 0 Å². The molecule has 0 atom stereocenters. The van der Waals surface area contributed by atoms with Crippen LogP contribution >= 0.6 is 0 Å². The van der Waals surface area contributed by atoms with Crippen LogP contribution in [0.1, 0.15) is 15.9 Å². The number of primary amides is 1. The van der Waals surface area contributed by atoms with Crippen molar-refractivity contribution in [2.75, 3.05) is 5.73 Å². The van der Waals surface area contributed by atoms with Gasteiger partial charge in [-0.3, -0.25) is 9.59 Å². The van der Waals surface area contributed by atoms with Gasteiger partial charge in [-0.1, -0.05) is 6.07 Å². The molecule has 1 heterocycles. The number of rotatable bonds is 3. The lowest BCUT2D eigenvalue weighted by Crippen LogP contribution is -2.23. The first-order valence-corrected chi connectivity index (χ1v) is 5.38. The Morgan fingerprint density at radius 3 is 2.68 bits per heavy atom. The Labute approximate surface area is 107 Å². The molecule has 98 valence electrons. The molecule has 0 aliphatic heterocycles. The molecule has 1 aromatic carbocycles. The zero-order valence-corrected chi connectivity index (χ0v) is 9.84. The molecule has 19 heavy (non-hydrogen) atoms. The van der Waals surface area contributed by atoms with E-state index >= 15 is 0 Å². The van der Waals surface area contributed by atoms with E-state index < -0.39 is 17.3 Å². The fourth-order valence-electron chi connectivity index (χ4n) is 1.56. The van der Waals surface area contributed by atoms with Gasteiger partial charge in [0, 0.05) is 17.2 Å². The molecule has 2 aromatic rings. The van der Waals surface area contributed by atoms with Gasteiger partial charge in [-0.15, -0.1) is 0 Å². The summed E-state index contributed by atoms with van der Waals surface area (Å²) in [5, 5.41) is 3.79. The molecule has 7 heteroatoms. The third kappa shape index (κ3) is 2.76. The highest BCUT2D eigenvalue weighted by Gasteiger charge is 2.08. The lowest BCUT2D eigenvalue weighted by atomic mass is 10.1. The number of carbonyl (C=O) groups is 1. The number of carbonyl (C=O) groups excluding carboxylic acids is 1. The molecule has 1 aromatic heterocycles. The number of anilines is 1. The van der Waals surface area contributed by atoms with Gasteiger partial charge in [-0.2, -0.15) is 5.10 Å². The van der Waals surface area contributed by atoms with Crippen molar-refractivity contribution in [3.63, 3.8) is 0 Å². The van der Waals surface area contributed by atoms with Crippen LogP contribution in [0.15, 0.2) is 35.3 Å². The summed E-state index contributed by atoms with van der Waals surface area (Å²) in [5.41, 5.74) is 10.5. The van der Waals surface area contributed by atoms with Gasteiger partial charge >= 0.3 is 0 Å². The van der Waals surface area contributed by atoms with Gasteiger partial charge in [-0.25, -0.2) is 9.07 Å². The van der Waals surface area contributed by atoms with Crippen molar-refractivity contribution in [3.05, 3.63) is 57.8 Å². The Morgan fingerprint density at radius 1 is 1.37 bits per heavy atom. The lowest BCUT2D eigenvalue weighted by Gasteiger charge is -2.06. The van der Waals surface area contributed by atoms with E-state index in [4.69, 9.17) is 11.5 Å². The predicted molar refractivity (Wildman–Crippen MR) is 66.9 cm³/mol. The molecule has 0 saturated carbocycles. The second-order valence-corrected chi connectivity index (χ2v) is 3.96. The summed E-state index contributed by atoms with van der Waals surface area (Å²) >= 11 is 0. The van der Waals surface area contributed by atoms with E-state index in [9.17, 15) is 14.0 Å². The first-order chi connectivity index (χ1) is 8.97. The van der Waals surface area contributed by atoms with Crippen LogP contribution in [0.2, 0.25) is 0 Å². The molecule has 0 bridgehead atoms. The fraction of sp³-hybridized carbons (Fsp3) is 0.0833. The minimum Gasteiger partial charge on any atom is -0.397 e. The number of halogens is 1. The van der Waals surface area contributed by atoms with Crippen LogP contribution in [-0.2, 0) is 6.54 Å². The van der Waals surface area contributed by atoms with Crippen LogP contribution in [0.4, 0.5) is 10.1 Å². The third-order valence-corrected chi connectivity index (χ3v) is 2.55. The molecule has 4 N–H and O–H groups in total. The van der Waals surface area contributed by atoms with Crippen molar-refractivity contribution in [1.29, 1.82) is 0 Å². The Hall–Kier alpha value is -2.70. The van der Waals surface area contributed by atoms with Crippen molar-refractivity contribution in [1.82, 2.24) is 9.78 Å². The standard InChI is InChI=1S/C12H11FN4O2/c13-10-3-7(12(15)19)1-2-8(10)6-17-11(18)4-9(14)5-16-17/h1-5H,6,14H2,(H2,15,19). The lowest BCUT2D eigenvalue weighted by molar-refractivity contribution is 0.1000. The molecule has 0 aliphatic rings. The zero-order valence-electron chi connectivity index (χ0n) is 9.84. The van der Waals surface area contributed by atoms with Crippen molar-refractivity contribution >= 4 is 11.6 Å². The molecule has 6 nitrogen and oxygen atoms in total. The van der Waals surface area contributed by atoms with Gasteiger partial charge < -0.3 is 11.5 Å². The van der Waals surface area contributed by atoms with Crippen LogP contribution < -0.4 is 17.0 Å². The number of nitrogen functional groups attached to an aromatic ring is 1. The van der Waals surface area contributed by atoms with Crippen LogP contribution in [-0.4, -0.2) is 15.7 Å². The Bertz CT molecular complexity index is 696. The summed E-state index contributed by atoms with van der Waals surface area (Å²) in [7, 11) is 0. The van der Waals surface area contributed by atoms with E-state index in [1.54, 1.807) is 0 Å². The maximum absolute atomic E-state index is 13.7. The summed E-state index contributed by atoms with van der Waals surface area (Å²) in [6.45, 7) is -0.0516. The molecule has 2 rings (SSSR count). The van der Waals surface area contributed by atoms with Gasteiger partial charge in [0.05, 0.1) is 18.4 Å². The van der Waals surface area contributed by atoms with E-state index in [2.05, 4.69) is 5.10 Å². The Balaban J connectivity index is 2.33. The normalized spacial score (nSPS) is 10.4. The van der Waals surface area contributed by atoms with Crippen LogP contribution in [0.3, 0.4) is 0 Å². The molecule has 0 aliphatic carbocycles. The molecular formula is C12H11FN4O2. The molecule has 0 spiro atoms. The second-order valence-electron chi connectivity index (χ2n) is 3.96. The summed E-state index contributed by atoms with van der Waals surface area (Å²) in [5.74, 6) is -1.34. The highest BCUT2D eigenvalue weighted by molar-refractivity contribution is 5.92. The molecule has 0 saturated heterocycles. The maximum atomic E-state index is 13.7. The molecule has 1 amide bonds. The van der Waals surface area contributed by atoms with E-state index in [0.717, 1.165) is 10.7 Å². The molecule has 0 radical (unpaired) electrons. The predicted octanol–water partition coefficient (Wildman–Crippen LogP) is 0.112. The van der Waals surface area contributed by atoms with Crippen LogP contribution in [0, 0.1) is 5.82 Å². The topological polar surface area (TPSA) is 104 Å². The number of nitrogens with two attached hydrogens (primary N) is 2. The average molecular weight is 262 g/mol. The van der Waals surface area contributed by atoms with Gasteiger partial charge in [0.25, 0.3) is 5.56 Å². The summed E-state index contributed by atoms with van der Waals surface area (Å²) in [6, 6.07) is 5.01. The quantitative estimate of drug-likeness (QED) is 0.819. The van der Waals surface area contributed by atoms with Gasteiger partial charge in [0.1, 0.15) is 5.82 Å². The minimum atomic E-state index is -0.715. The van der Waals surface area contributed by atoms with E-state index in [-0.39, 0.29) is 23.4 Å². The number of amides is 1. The zero-order chi connectivity index (χ0) is 14.0. The Morgan fingerprint density at radius 2 is 2.11 bits per heavy atom. The average Bonchev–Trinajstić information content (AvgIpc) is 2.34. The fourth-order valence-corrected chi connectivity index (χ4v) is 1.56. The first kappa shape index (κ1) is 12.7. The first-order valence-electron chi connectivity index (χ1n) is 5.38. The maximum Gasteiger partial charge on any atom is 0.269 e. The number of hydrogen-bond acceptors (Lipinski definition) is 4. The number of nitrogens with zero attached hydrogens (tertiary/aromatic N) is 2. The minimum absolute atomic E-state index is 0.0516. The van der Waals surface area contributed by atoms with E-state index in [0.29, 0.717) is 0 Å². The summed E-state index contributed by atoms with van der Waals surface area (Å²) in [6.07, 6.45) is 1.30. The van der Waals surface area contributed by atoms with Gasteiger partial charge in [0.15, 0.2) is 0 Å². The SMILES string of the molecule is NC(=O)c1ccc(Cn2ncc(N)cc2=O)c(F)c1. The third-order valence-electron chi connectivity index (χ3n) is 2.55. The highest BCUT2D eigenvalue weighted by atomic mass is 19.1. The van der Waals surface area contributed by atoms with E-state index in [1.165, 1.54) is 24.4 Å². The Kier molecular flexibility index (Phi) is 3.28. The van der Waals surface area contributed by atoms with Crippen molar-refractivity contribution in [2.45, 2.75) is 6.54 Å². The van der Waals surface area contributed by atoms with Crippen LogP contribution in [0.5, 0.6) is 0 Å². The monoisotopic (exact) mass is 262 g/mol. The summed E-state index contributed by atoms with van der Waals surface area (Å²) in [4.78, 5) is 22.4. The number of hydrogen-bond donors (Lipinski definition) is 2. The number of aromatic nitrogens is 2. The van der Waals surface area contributed by atoms with Gasteiger partial charge in [0.2, 0.25) is 5.91 Å². The molecule has 0 unspecified atom stereocenters. The molecule has 0 fully saturated rings. The highest BCUT2D eigenvalue weighted by Crippen LogP contribution is 2.11. The van der Waals surface area contributed by atoms with Gasteiger partial charge in [-0.05, 0) is 12.1 Å². The second kappa shape index (κ2) is 4.89. The summed E-state index contributed by atoms with van der Waals surface area (Å²) < 4.78 is 14.8. The smallest absolute Gasteiger partial charge is 0.269 e. The van der Waals surface area contributed by atoms with Crippen molar-refractivity contribution < 1.29 is 9.18 Å².